The summed E-state index contributed by atoms with van der Waals surface area (Å²) < 4.78 is 13.7. The maximum absolute atomic E-state index is 13.7. The zero-order valence-electron chi connectivity index (χ0n) is 15.4. The summed E-state index contributed by atoms with van der Waals surface area (Å²) in [6.07, 6.45) is 0.716. The molecule has 2 aromatic rings. The fourth-order valence-electron chi connectivity index (χ4n) is 4.06. The zero-order valence-corrected chi connectivity index (χ0v) is 15.4. The van der Waals surface area contributed by atoms with Crippen LogP contribution in [0, 0.1) is 5.82 Å². The minimum Gasteiger partial charge on any atom is -0.332 e. The van der Waals surface area contributed by atoms with Crippen LogP contribution >= 0.6 is 0 Å². The van der Waals surface area contributed by atoms with Gasteiger partial charge in [-0.3, -0.25) is 14.4 Å². The molecule has 1 unspecified atom stereocenters. The van der Waals surface area contributed by atoms with Crippen LogP contribution in [0.5, 0.6) is 0 Å². The van der Waals surface area contributed by atoms with Gasteiger partial charge in [-0.25, -0.2) is 4.39 Å². The third-order valence-corrected chi connectivity index (χ3v) is 5.55. The van der Waals surface area contributed by atoms with Gasteiger partial charge in [-0.05, 0) is 29.7 Å². The van der Waals surface area contributed by atoms with Crippen molar-refractivity contribution < 1.29 is 18.8 Å². The van der Waals surface area contributed by atoms with Gasteiger partial charge in [0.1, 0.15) is 5.82 Å². The van der Waals surface area contributed by atoms with Gasteiger partial charge >= 0.3 is 0 Å². The first-order valence-electron chi connectivity index (χ1n) is 9.47. The maximum atomic E-state index is 13.7. The minimum atomic E-state index is -0.581. The summed E-state index contributed by atoms with van der Waals surface area (Å²) >= 11 is 0. The molecule has 0 spiro atoms. The second-order valence-electron chi connectivity index (χ2n) is 7.23. The first-order chi connectivity index (χ1) is 13.5. The Morgan fingerprint density at radius 1 is 1.04 bits per heavy atom. The van der Waals surface area contributed by atoms with E-state index in [2.05, 4.69) is 6.07 Å². The predicted octanol–water partition coefficient (Wildman–Crippen LogP) is 2.76. The lowest BCUT2D eigenvalue weighted by Crippen LogP contribution is -2.55. The van der Waals surface area contributed by atoms with Gasteiger partial charge in [0.25, 0.3) is 0 Å². The molecule has 2 aliphatic rings. The van der Waals surface area contributed by atoms with Crippen LogP contribution in [-0.4, -0.2) is 47.0 Å². The Kier molecular flexibility index (Phi) is 4.94. The predicted molar refractivity (Wildman–Crippen MR) is 101 cm³/mol. The van der Waals surface area contributed by atoms with Crippen molar-refractivity contribution in [2.24, 2.45) is 0 Å². The summed E-state index contributed by atoms with van der Waals surface area (Å²) in [7, 11) is 0. The summed E-state index contributed by atoms with van der Waals surface area (Å²) in [5, 5.41) is 0. The molecule has 2 aromatic carbocycles. The summed E-state index contributed by atoms with van der Waals surface area (Å²) in [4.78, 5) is 40.8. The van der Waals surface area contributed by atoms with Crippen LogP contribution in [0.3, 0.4) is 0 Å². The number of nitrogens with zero attached hydrogens (tertiary/aromatic N) is 2. The van der Waals surface area contributed by atoms with Gasteiger partial charge in [-0.1, -0.05) is 36.4 Å². The number of halogens is 1. The Balaban J connectivity index is 1.44. The van der Waals surface area contributed by atoms with Crippen LogP contribution in [0.1, 0.15) is 40.4 Å². The Morgan fingerprint density at radius 3 is 2.61 bits per heavy atom. The molecule has 0 aliphatic carbocycles. The summed E-state index contributed by atoms with van der Waals surface area (Å²) in [6, 6.07) is 13.6. The molecular formula is C22H21FN2O3. The van der Waals surface area contributed by atoms with Crippen molar-refractivity contribution in [1.29, 1.82) is 0 Å². The zero-order chi connectivity index (χ0) is 19.7. The van der Waals surface area contributed by atoms with Crippen molar-refractivity contribution in [1.82, 2.24) is 9.80 Å². The lowest BCUT2D eigenvalue weighted by molar-refractivity contribution is -0.149. The minimum absolute atomic E-state index is 0.00240. The van der Waals surface area contributed by atoms with Crippen LogP contribution in [0.15, 0.2) is 48.5 Å². The van der Waals surface area contributed by atoms with Gasteiger partial charge in [0.2, 0.25) is 11.8 Å². The van der Waals surface area contributed by atoms with Gasteiger partial charge in [0.05, 0.1) is 18.2 Å². The number of piperazine rings is 1. The summed E-state index contributed by atoms with van der Waals surface area (Å²) in [5.74, 6) is -1.30. The molecule has 4 rings (SSSR count). The number of rotatable bonds is 4. The topological polar surface area (TPSA) is 57.7 Å². The van der Waals surface area contributed by atoms with Crippen molar-refractivity contribution in [3.8, 4) is 0 Å². The molecule has 144 valence electrons. The molecule has 1 saturated heterocycles. The number of fused-ring (bicyclic) bond motifs is 3. The van der Waals surface area contributed by atoms with Crippen molar-refractivity contribution in [3.05, 3.63) is 71.0 Å². The maximum Gasteiger partial charge on any atom is 0.242 e. The number of carbonyl (C=O) groups is 3. The molecule has 2 heterocycles. The van der Waals surface area contributed by atoms with Gasteiger partial charge < -0.3 is 9.80 Å². The van der Waals surface area contributed by atoms with Crippen LogP contribution in [0.2, 0.25) is 0 Å². The molecule has 5 nitrogen and oxygen atoms in total. The van der Waals surface area contributed by atoms with E-state index in [0.717, 1.165) is 12.0 Å². The van der Waals surface area contributed by atoms with Gasteiger partial charge in [0, 0.05) is 25.9 Å². The van der Waals surface area contributed by atoms with Crippen molar-refractivity contribution >= 4 is 17.6 Å². The molecule has 1 atom stereocenters. The van der Waals surface area contributed by atoms with E-state index in [1.165, 1.54) is 28.7 Å². The molecular weight excluding hydrogens is 359 g/mol. The monoisotopic (exact) mass is 380 g/mol. The highest BCUT2D eigenvalue weighted by Gasteiger charge is 2.38. The van der Waals surface area contributed by atoms with E-state index in [-0.39, 0.29) is 42.8 Å². The van der Waals surface area contributed by atoms with Gasteiger partial charge in [-0.2, -0.15) is 0 Å². The fraction of sp³-hybridized carbons (Fsp3) is 0.318. The second-order valence-corrected chi connectivity index (χ2v) is 7.23. The Hall–Kier alpha value is -3.02. The first-order valence-corrected chi connectivity index (χ1v) is 9.47. The Bertz CT molecular complexity index is 943. The van der Waals surface area contributed by atoms with E-state index >= 15 is 0 Å². The number of carbonyl (C=O) groups excluding carboxylic acids is 3. The number of benzene rings is 2. The molecule has 0 aromatic heterocycles. The van der Waals surface area contributed by atoms with Crippen LogP contribution in [0.4, 0.5) is 4.39 Å². The smallest absolute Gasteiger partial charge is 0.242 e. The van der Waals surface area contributed by atoms with E-state index in [4.69, 9.17) is 0 Å². The van der Waals surface area contributed by atoms with Crippen LogP contribution in [-0.2, 0) is 16.0 Å². The lowest BCUT2D eigenvalue weighted by atomic mass is 9.90. The molecule has 0 saturated carbocycles. The highest BCUT2D eigenvalue weighted by Crippen LogP contribution is 2.33. The van der Waals surface area contributed by atoms with E-state index in [1.807, 2.05) is 23.1 Å². The molecule has 28 heavy (non-hydrogen) atoms. The second kappa shape index (κ2) is 7.54. The Labute approximate surface area is 162 Å². The van der Waals surface area contributed by atoms with Gasteiger partial charge in [-0.15, -0.1) is 0 Å². The van der Waals surface area contributed by atoms with Crippen molar-refractivity contribution in [2.45, 2.75) is 25.3 Å². The SMILES string of the molecule is O=C(CCC(=O)N1CC(=O)N2CCc3ccccc3C2C1)c1ccccc1F. The average Bonchev–Trinajstić information content (AvgIpc) is 2.71. The number of amides is 2. The third kappa shape index (κ3) is 3.42. The normalized spacial score (nSPS) is 18.5. The van der Waals surface area contributed by atoms with E-state index in [1.54, 1.807) is 6.07 Å². The molecule has 6 heteroatoms. The molecule has 2 amide bonds. The molecule has 1 fully saturated rings. The number of ketones is 1. The Morgan fingerprint density at radius 2 is 1.79 bits per heavy atom. The summed E-state index contributed by atoms with van der Waals surface area (Å²) in [6.45, 7) is 1.12. The highest BCUT2D eigenvalue weighted by molar-refractivity contribution is 5.98. The van der Waals surface area contributed by atoms with Crippen LogP contribution < -0.4 is 0 Å². The fourth-order valence-corrected chi connectivity index (χ4v) is 4.06. The van der Waals surface area contributed by atoms with Crippen LogP contribution in [0.25, 0.3) is 0 Å². The standard InChI is InChI=1S/C22H21FN2O3/c23-18-8-4-3-7-17(18)20(26)9-10-21(27)24-13-19-16-6-2-1-5-15(16)11-12-25(19)22(28)14-24/h1-8,19H,9-14H2. The average molecular weight is 380 g/mol. The number of hydrogen-bond acceptors (Lipinski definition) is 3. The third-order valence-electron chi connectivity index (χ3n) is 5.55. The van der Waals surface area contributed by atoms with E-state index < -0.39 is 11.6 Å². The van der Waals surface area contributed by atoms with Crippen molar-refractivity contribution in [3.63, 3.8) is 0 Å². The van der Waals surface area contributed by atoms with Gasteiger partial charge in [0.15, 0.2) is 5.78 Å². The summed E-state index contributed by atoms with van der Waals surface area (Å²) in [5.41, 5.74) is 2.29. The van der Waals surface area contributed by atoms with E-state index in [0.29, 0.717) is 13.1 Å². The lowest BCUT2D eigenvalue weighted by Gasteiger charge is -2.44. The largest absolute Gasteiger partial charge is 0.332 e. The molecule has 0 radical (unpaired) electrons. The molecule has 0 bridgehead atoms. The molecule has 0 N–H and O–H groups in total. The number of hydrogen-bond donors (Lipinski definition) is 0. The van der Waals surface area contributed by atoms with Crippen molar-refractivity contribution in [2.75, 3.05) is 19.6 Å². The molecule has 2 aliphatic heterocycles. The highest BCUT2D eigenvalue weighted by atomic mass is 19.1. The quantitative estimate of drug-likeness (QED) is 0.767. The van der Waals surface area contributed by atoms with E-state index in [9.17, 15) is 18.8 Å². The number of Topliss-reactive ketones (excluding diaryl/α,β-unsaturated/α-hetero) is 1. The first kappa shape index (κ1) is 18.3.